The van der Waals surface area contributed by atoms with Gasteiger partial charge in [0.2, 0.25) is 0 Å². The Hall–Kier alpha value is -3.26. The number of hydrogen-bond acceptors (Lipinski definition) is 3. The van der Waals surface area contributed by atoms with E-state index in [0.29, 0.717) is 29.2 Å². The maximum atomic E-state index is 13.5. The lowest BCUT2D eigenvalue weighted by Gasteiger charge is -2.20. The minimum atomic E-state index is -1.10. The van der Waals surface area contributed by atoms with Gasteiger partial charge in [0.15, 0.2) is 11.6 Å². The van der Waals surface area contributed by atoms with Crippen molar-refractivity contribution in [3.63, 3.8) is 0 Å². The molecule has 1 amide bonds. The van der Waals surface area contributed by atoms with E-state index >= 15 is 0 Å². The van der Waals surface area contributed by atoms with Crippen LogP contribution < -0.4 is 10.2 Å². The molecule has 1 N–H and O–H groups in total. The Morgan fingerprint density at radius 1 is 1.06 bits per heavy atom. The average Bonchev–Trinajstić information content (AvgIpc) is 3.17. The summed E-state index contributed by atoms with van der Waals surface area (Å²) in [6.07, 6.45) is 2.59. The molecule has 0 aliphatic rings. The van der Waals surface area contributed by atoms with Gasteiger partial charge in [0.25, 0.3) is 5.91 Å². The van der Waals surface area contributed by atoms with E-state index in [1.165, 1.54) is 6.07 Å². The SMILES string of the molecule is CCCS(=O)/C=C/c1cc(C(=O)NCc2ccc(F)c(F)c2)c(N(C)C)n1Cc1ccccc1. The summed E-state index contributed by atoms with van der Waals surface area (Å²) in [6, 6.07) is 15.2. The van der Waals surface area contributed by atoms with Gasteiger partial charge in [-0.25, -0.2) is 8.78 Å². The Balaban J connectivity index is 1.96. The summed E-state index contributed by atoms with van der Waals surface area (Å²) in [5, 5.41) is 4.45. The van der Waals surface area contributed by atoms with Crippen molar-refractivity contribution in [1.82, 2.24) is 9.88 Å². The van der Waals surface area contributed by atoms with Gasteiger partial charge in [-0.15, -0.1) is 0 Å². The van der Waals surface area contributed by atoms with Crippen LogP contribution in [-0.4, -0.2) is 34.5 Å². The summed E-state index contributed by atoms with van der Waals surface area (Å²) < 4.78 is 41.0. The Morgan fingerprint density at radius 2 is 1.79 bits per heavy atom. The first-order chi connectivity index (χ1) is 16.3. The summed E-state index contributed by atoms with van der Waals surface area (Å²) in [6.45, 7) is 2.55. The molecule has 3 rings (SSSR count). The smallest absolute Gasteiger partial charge is 0.255 e. The number of rotatable bonds is 10. The fourth-order valence-corrected chi connectivity index (χ4v) is 4.45. The number of amides is 1. The summed E-state index contributed by atoms with van der Waals surface area (Å²) in [4.78, 5) is 15.0. The number of benzene rings is 2. The summed E-state index contributed by atoms with van der Waals surface area (Å²) in [7, 11) is 2.60. The largest absolute Gasteiger partial charge is 0.363 e. The maximum Gasteiger partial charge on any atom is 0.255 e. The lowest BCUT2D eigenvalue weighted by atomic mass is 10.2. The van der Waals surface area contributed by atoms with Crippen LogP contribution in [0.1, 0.15) is 40.5 Å². The lowest BCUT2D eigenvalue weighted by Crippen LogP contribution is -2.26. The molecule has 1 atom stereocenters. The molecule has 0 fully saturated rings. The van der Waals surface area contributed by atoms with Crippen LogP contribution in [0.25, 0.3) is 6.08 Å². The fraction of sp³-hybridized carbons (Fsp3) is 0.269. The van der Waals surface area contributed by atoms with Gasteiger partial charge in [-0.1, -0.05) is 43.3 Å². The number of carbonyl (C=O) groups is 1. The first-order valence-corrected chi connectivity index (χ1v) is 12.4. The zero-order chi connectivity index (χ0) is 24.7. The van der Waals surface area contributed by atoms with Crippen LogP contribution >= 0.6 is 0 Å². The second-order valence-electron chi connectivity index (χ2n) is 8.09. The van der Waals surface area contributed by atoms with Gasteiger partial charge in [0.1, 0.15) is 5.82 Å². The third-order valence-corrected chi connectivity index (χ3v) is 6.44. The molecule has 1 unspecified atom stereocenters. The van der Waals surface area contributed by atoms with Crippen LogP contribution in [0.3, 0.4) is 0 Å². The van der Waals surface area contributed by atoms with E-state index in [4.69, 9.17) is 0 Å². The van der Waals surface area contributed by atoms with E-state index in [0.717, 1.165) is 29.8 Å². The Labute approximate surface area is 201 Å². The molecule has 0 saturated carbocycles. The summed E-state index contributed by atoms with van der Waals surface area (Å²) in [5.41, 5.74) is 2.69. The lowest BCUT2D eigenvalue weighted by molar-refractivity contribution is 0.0951. The third kappa shape index (κ3) is 6.41. The second-order valence-corrected chi connectivity index (χ2v) is 9.53. The highest BCUT2D eigenvalue weighted by Crippen LogP contribution is 2.27. The van der Waals surface area contributed by atoms with Gasteiger partial charge in [0, 0.05) is 54.8 Å². The number of halogens is 2. The Morgan fingerprint density at radius 3 is 2.44 bits per heavy atom. The zero-order valence-electron chi connectivity index (χ0n) is 19.6. The minimum absolute atomic E-state index is 0.0540. The normalized spacial score (nSPS) is 12.1. The predicted octanol–water partition coefficient (Wildman–Crippen LogP) is 4.94. The van der Waals surface area contributed by atoms with E-state index in [1.807, 2.05) is 60.8 Å². The molecule has 0 radical (unpaired) electrons. The van der Waals surface area contributed by atoms with E-state index < -0.39 is 22.4 Å². The van der Waals surface area contributed by atoms with Crippen molar-refractivity contribution >= 4 is 28.6 Å². The number of hydrogen-bond donors (Lipinski definition) is 1. The highest BCUT2D eigenvalue weighted by Gasteiger charge is 2.21. The molecule has 34 heavy (non-hydrogen) atoms. The molecule has 2 aromatic carbocycles. The molecule has 8 heteroatoms. The molecule has 1 aromatic heterocycles. The average molecular weight is 486 g/mol. The standard InChI is InChI=1S/C26H29F2N3O2S/c1-4-13-34(33)14-12-21-16-22(25(32)29-17-20-10-11-23(27)24(28)15-20)26(30(2)3)31(21)18-19-8-6-5-7-9-19/h5-12,14-16H,4,13,17-18H2,1-3H3,(H,29,32)/b14-12+. The molecule has 5 nitrogen and oxygen atoms in total. The number of anilines is 1. The van der Waals surface area contributed by atoms with Crippen molar-refractivity contribution in [3.8, 4) is 0 Å². The van der Waals surface area contributed by atoms with Crippen molar-refractivity contribution < 1.29 is 17.8 Å². The number of nitrogens with zero attached hydrogens (tertiary/aromatic N) is 2. The van der Waals surface area contributed by atoms with Crippen molar-refractivity contribution in [3.05, 3.63) is 94.0 Å². The highest BCUT2D eigenvalue weighted by molar-refractivity contribution is 7.88. The molecule has 0 aliphatic carbocycles. The molecular weight excluding hydrogens is 456 g/mol. The van der Waals surface area contributed by atoms with Crippen LogP contribution in [0, 0.1) is 11.6 Å². The van der Waals surface area contributed by atoms with Crippen LogP contribution in [0.4, 0.5) is 14.6 Å². The molecule has 0 spiro atoms. The number of nitrogens with one attached hydrogen (secondary N) is 1. The quantitative estimate of drug-likeness (QED) is 0.443. The third-order valence-electron chi connectivity index (χ3n) is 5.19. The van der Waals surface area contributed by atoms with Crippen molar-refractivity contribution in [2.75, 3.05) is 24.7 Å². The van der Waals surface area contributed by atoms with Crippen molar-refractivity contribution in [2.24, 2.45) is 0 Å². The van der Waals surface area contributed by atoms with E-state index in [9.17, 15) is 17.8 Å². The Bertz CT molecular complexity index is 1190. The van der Waals surface area contributed by atoms with Crippen LogP contribution in [-0.2, 0) is 23.9 Å². The molecular formula is C26H29F2N3O2S. The van der Waals surface area contributed by atoms with Gasteiger partial charge < -0.3 is 14.8 Å². The second kappa shape index (κ2) is 11.7. The first kappa shape index (κ1) is 25.4. The molecule has 180 valence electrons. The van der Waals surface area contributed by atoms with Gasteiger partial charge in [-0.05, 0) is 41.8 Å². The molecule has 1 heterocycles. The van der Waals surface area contributed by atoms with Crippen molar-refractivity contribution in [1.29, 1.82) is 0 Å². The summed E-state index contributed by atoms with van der Waals surface area (Å²) >= 11 is 0. The van der Waals surface area contributed by atoms with Gasteiger partial charge >= 0.3 is 0 Å². The van der Waals surface area contributed by atoms with E-state index in [-0.39, 0.29) is 12.5 Å². The molecule has 0 aliphatic heterocycles. The highest BCUT2D eigenvalue weighted by atomic mass is 32.2. The molecule has 3 aromatic rings. The first-order valence-electron chi connectivity index (χ1n) is 11.0. The molecule has 0 saturated heterocycles. The van der Waals surface area contributed by atoms with Crippen LogP contribution in [0.15, 0.2) is 60.0 Å². The number of carbonyl (C=O) groups excluding carboxylic acids is 1. The monoisotopic (exact) mass is 485 g/mol. The van der Waals surface area contributed by atoms with Gasteiger partial charge in [0.05, 0.1) is 5.56 Å². The molecule has 0 bridgehead atoms. The topological polar surface area (TPSA) is 54.3 Å². The van der Waals surface area contributed by atoms with Gasteiger partial charge in [-0.2, -0.15) is 0 Å². The van der Waals surface area contributed by atoms with Crippen LogP contribution in [0.5, 0.6) is 0 Å². The van der Waals surface area contributed by atoms with Gasteiger partial charge in [-0.3, -0.25) is 9.00 Å². The predicted molar refractivity (Wildman–Crippen MR) is 134 cm³/mol. The maximum absolute atomic E-state index is 13.5. The van der Waals surface area contributed by atoms with Crippen LogP contribution in [0.2, 0.25) is 0 Å². The van der Waals surface area contributed by atoms with Crippen molar-refractivity contribution in [2.45, 2.75) is 26.4 Å². The minimum Gasteiger partial charge on any atom is -0.363 e. The zero-order valence-corrected chi connectivity index (χ0v) is 20.4. The Kier molecular flexibility index (Phi) is 8.76. The fourth-order valence-electron chi connectivity index (χ4n) is 3.62. The summed E-state index contributed by atoms with van der Waals surface area (Å²) in [5.74, 6) is -0.975. The van der Waals surface area contributed by atoms with E-state index in [1.54, 1.807) is 17.6 Å². The number of aromatic nitrogens is 1. The van der Waals surface area contributed by atoms with E-state index in [2.05, 4.69) is 5.32 Å².